The Morgan fingerprint density at radius 3 is 2.48 bits per heavy atom. The molecule has 0 unspecified atom stereocenters. The number of benzene rings is 2. The van der Waals surface area contributed by atoms with Gasteiger partial charge in [0.25, 0.3) is 5.91 Å². The molecule has 3 aromatic rings. The highest BCUT2D eigenvalue weighted by molar-refractivity contribution is 6.10. The average molecular weight is 390 g/mol. The van der Waals surface area contributed by atoms with Crippen LogP contribution in [-0.2, 0) is 17.6 Å². The van der Waals surface area contributed by atoms with Crippen molar-refractivity contribution in [3.63, 3.8) is 0 Å². The van der Waals surface area contributed by atoms with Crippen molar-refractivity contribution in [3.05, 3.63) is 77.7 Å². The average Bonchev–Trinajstić information content (AvgIpc) is 3.17. The number of hydrogen-bond acceptors (Lipinski definition) is 4. The molecule has 148 valence electrons. The number of furan rings is 1. The highest BCUT2D eigenvalue weighted by atomic mass is 16.6. The Bertz CT molecular complexity index is 1040. The molecule has 0 aliphatic carbocycles. The highest BCUT2D eigenvalue weighted by Gasteiger charge is 2.28. The molecule has 4 rings (SSSR count). The Morgan fingerprint density at radius 1 is 1.00 bits per heavy atom. The SMILES string of the molecule is CC(C)OC(=O)Nc1ccc2c(c1)N(C(=O)c1ccco1)c1ccccc1CC2. The molecule has 0 atom stereocenters. The molecule has 0 fully saturated rings. The van der Waals surface area contributed by atoms with E-state index in [1.54, 1.807) is 36.9 Å². The van der Waals surface area contributed by atoms with Crippen molar-refractivity contribution in [2.75, 3.05) is 10.2 Å². The first-order chi connectivity index (χ1) is 14.0. The van der Waals surface area contributed by atoms with E-state index in [2.05, 4.69) is 5.32 Å². The van der Waals surface area contributed by atoms with E-state index in [9.17, 15) is 9.59 Å². The Balaban J connectivity index is 1.78. The van der Waals surface area contributed by atoms with E-state index in [1.165, 1.54) is 6.26 Å². The Morgan fingerprint density at radius 2 is 1.76 bits per heavy atom. The molecule has 0 spiro atoms. The van der Waals surface area contributed by atoms with Gasteiger partial charge in [-0.15, -0.1) is 0 Å². The smallest absolute Gasteiger partial charge is 0.411 e. The standard InChI is InChI=1S/C23H22N2O4/c1-15(2)29-23(27)24-18-12-11-17-10-9-16-6-3-4-7-19(16)25(20(17)14-18)22(26)21-8-5-13-28-21/h3-8,11-15H,9-10H2,1-2H3,(H,24,27). The molecule has 6 heteroatoms. The molecule has 2 amide bonds. The van der Waals surface area contributed by atoms with Gasteiger partial charge in [-0.05, 0) is 68.1 Å². The van der Waals surface area contributed by atoms with E-state index in [0.29, 0.717) is 5.69 Å². The minimum Gasteiger partial charge on any atom is -0.459 e. The molecule has 1 N–H and O–H groups in total. The second-order valence-electron chi connectivity index (χ2n) is 7.17. The number of aryl methyl sites for hydroxylation is 2. The number of nitrogens with one attached hydrogen (secondary N) is 1. The number of ether oxygens (including phenoxy) is 1. The predicted molar refractivity (Wildman–Crippen MR) is 111 cm³/mol. The van der Waals surface area contributed by atoms with Crippen molar-refractivity contribution < 1.29 is 18.7 Å². The van der Waals surface area contributed by atoms with Gasteiger partial charge in [0, 0.05) is 5.69 Å². The van der Waals surface area contributed by atoms with Crippen LogP contribution < -0.4 is 10.2 Å². The monoisotopic (exact) mass is 390 g/mol. The number of nitrogens with zero attached hydrogens (tertiary/aromatic N) is 1. The molecule has 1 aliphatic heterocycles. The lowest BCUT2D eigenvalue weighted by Gasteiger charge is -2.24. The fraction of sp³-hybridized carbons (Fsp3) is 0.217. The van der Waals surface area contributed by atoms with Crippen LogP contribution in [0.3, 0.4) is 0 Å². The second-order valence-corrected chi connectivity index (χ2v) is 7.17. The third-order valence-electron chi connectivity index (χ3n) is 4.75. The van der Waals surface area contributed by atoms with Crippen LogP contribution in [-0.4, -0.2) is 18.1 Å². The number of anilines is 3. The summed E-state index contributed by atoms with van der Waals surface area (Å²) < 4.78 is 10.5. The maximum absolute atomic E-state index is 13.3. The van der Waals surface area contributed by atoms with Crippen molar-refractivity contribution in [1.82, 2.24) is 0 Å². The van der Waals surface area contributed by atoms with Crippen LogP contribution in [0.5, 0.6) is 0 Å². The van der Waals surface area contributed by atoms with Crippen LogP contribution in [0.1, 0.15) is 35.5 Å². The first-order valence-electron chi connectivity index (χ1n) is 9.59. The van der Waals surface area contributed by atoms with Crippen LogP contribution in [0, 0.1) is 0 Å². The summed E-state index contributed by atoms with van der Waals surface area (Å²) in [6.07, 6.45) is 2.33. The molecule has 2 aromatic carbocycles. The van der Waals surface area contributed by atoms with E-state index in [1.807, 2.05) is 36.4 Å². The van der Waals surface area contributed by atoms with Crippen LogP contribution in [0.4, 0.5) is 21.9 Å². The minimum atomic E-state index is -0.530. The van der Waals surface area contributed by atoms with Gasteiger partial charge in [-0.1, -0.05) is 24.3 Å². The Hall–Kier alpha value is -3.54. The summed E-state index contributed by atoms with van der Waals surface area (Å²) in [4.78, 5) is 27.0. The van der Waals surface area contributed by atoms with Gasteiger partial charge in [-0.2, -0.15) is 0 Å². The maximum Gasteiger partial charge on any atom is 0.411 e. The van der Waals surface area contributed by atoms with E-state index in [4.69, 9.17) is 9.15 Å². The Labute approximate surface area is 169 Å². The molecular weight excluding hydrogens is 368 g/mol. The van der Waals surface area contributed by atoms with Crippen molar-refractivity contribution in [2.24, 2.45) is 0 Å². The summed E-state index contributed by atoms with van der Waals surface area (Å²) in [6.45, 7) is 3.58. The summed E-state index contributed by atoms with van der Waals surface area (Å²) in [6, 6.07) is 16.8. The second kappa shape index (κ2) is 7.83. The fourth-order valence-corrected chi connectivity index (χ4v) is 3.49. The lowest BCUT2D eigenvalue weighted by atomic mass is 10.0. The van der Waals surface area contributed by atoms with Crippen molar-refractivity contribution in [3.8, 4) is 0 Å². The predicted octanol–water partition coefficient (Wildman–Crippen LogP) is 5.31. The topological polar surface area (TPSA) is 71.8 Å². The van der Waals surface area contributed by atoms with Gasteiger partial charge in [0.15, 0.2) is 5.76 Å². The first-order valence-corrected chi connectivity index (χ1v) is 9.59. The third-order valence-corrected chi connectivity index (χ3v) is 4.75. The summed E-state index contributed by atoms with van der Waals surface area (Å²) >= 11 is 0. The largest absolute Gasteiger partial charge is 0.459 e. The normalized spacial score (nSPS) is 12.7. The number of rotatable bonds is 3. The zero-order valence-electron chi connectivity index (χ0n) is 16.3. The molecule has 6 nitrogen and oxygen atoms in total. The zero-order valence-corrected chi connectivity index (χ0v) is 16.3. The molecule has 0 radical (unpaired) electrons. The molecule has 0 saturated heterocycles. The van der Waals surface area contributed by atoms with Crippen molar-refractivity contribution in [2.45, 2.75) is 32.8 Å². The van der Waals surface area contributed by atoms with Crippen LogP contribution >= 0.6 is 0 Å². The molecule has 0 saturated carbocycles. The number of hydrogen-bond donors (Lipinski definition) is 1. The van der Waals surface area contributed by atoms with Gasteiger partial charge in [0.1, 0.15) is 0 Å². The third kappa shape index (κ3) is 3.87. The number of fused-ring (bicyclic) bond motifs is 2. The van der Waals surface area contributed by atoms with Gasteiger partial charge >= 0.3 is 6.09 Å². The quantitative estimate of drug-likeness (QED) is 0.657. The lowest BCUT2D eigenvalue weighted by molar-refractivity contribution is 0.0972. The van der Waals surface area contributed by atoms with Crippen molar-refractivity contribution >= 4 is 29.1 Å². The van der Waals surface area contributed by atoms with Crippen molar-refractivity contribution in [1.29, 1.82) is 0 Å². The van der Waals surface area contributed by atoms with Gasteiger partial charge < -0.3 is 9.15 Å². The van der Waals surface area contributed by atoms with Gasteiger partial charge in [-0.25, -0.2) is 4.79 Å². The number of para-hydroxylation sites is 1. The van der Waals surface area contributed by atoms with E-state index < -0.39 is 6.09 Å². The highest BCUT2D eigenvalue weighted by Crippen LogP contribution is 2.38. The summed E-state index contributed by atoms with van der Waals surface area (Å²) in [5.41, 5.74) is 4.19. The summed E-state index contributed by atoms with van der Waals surface area (Å²) in [5, 5.41) is 2.74. The summed E-state index contributed by atoms with van der Waals surface area (Å²) in [7, 11) is 0. The molecule has 2 heterocycles. The Kier molecular flexibility index (Phi) is 5.08. The minimum absolute atomic E-state index is 0.222. The van der Waals surface area contributed by atoms with Gasteiger partial charge in [-0.3, -0.25) is 15.0 Å². The maximum atomic E-state index is 13.3. The zero-order chi connectivity index (χ0) is 20.4. The molecule has 0 bridgehead atoms. The number of amides is 2. The molecular formula is C23H22N2O4. The van der Waals surface area contributed by atoms with Gasteiger partial charge in [0.05, 0.1) is 23.7 Å². The first kappa shape index (κ1) is 18.8. The van der Waals surface area contributed by atoms with E-state index in [-0.39, 0.29) is 17.8 Å². The van der Waals surface area contributed by atoms with E-state index in [0.717, 1.165) is 35.3 Å². The van der Waals surface area contributed by atoms with Crippen LogP contribution in [0.2, 0.25) is 0 Å². The summed E-state index contributed by atoms with van der Waals surface area (Å²) in [5.74, 6) is -0.00209. The number of carbonyl (C=O) groups excluding carboxylic acids is 2. The fourth-order valence-electron chi connectivity index (χ4n) is 3.49. The van der Waals surface area contributed by atoms with Gasteiger partial charge in [0.2, 0.25) is 0 Å². The number of carbonyl (C=O) groups is 2. The molecule has 1 aliphatic rings. The van der Waals surface area contributed by atoms with Crippen LogP contribution in [0.25, 0.3) is 0 Å². The van der Waals surface area contributed by atoms with Crippen LogP contribution in [0.15, 0.2) is 65.3 Å². The molecule has 1 aromatic heterocycles. The van der Waals surface area contributed by atoms with E-state index >= 15 is 0 Å². The lowest BCUT2D eigenvalue weighted by Crippen LogP contribution is -2.27. The molecule has 29 heavy (non-hydrogen) atoms.